The third-order valence-electron chi connectivity index (χ3n) is 1.63. The molecule has 0 unspecified atom stereocenters. The molecule has 2 rings (SSSR count). The number of nitrogens with zero attached hydrogens (tertiary/aromatic N) is 3. The van der Waals surface area contributed by atoms with Crippen molar-refractivity contribution < 1.29 is 5.11 Å². The van der Waals surface area contributed by atoms with Crippen molar-refractivity contribution in [2.24, 2.45) is 0 Å². The molecule has 2 aromatic rings. The van der Waals surface area contributed by atoms with E-state index in [1.807, 2.05) is 0 Å². The number of aliphatic hydroxyl groups is 1. The van der Waals surface area contributed by atoms with Crippen LogP contribution in [0.25, 0.3) is 5.52 Å². The van der Waals surface area contributed by atoms with Gasteiger partial charge in [-0.15, -0.1) is 0 Å². The second kappa shape index (κ2) is 2.73. The van der Waals surface area contributed by atoms with Gasteiger partial charge in [0, 0.05) is 12.4 Å². The van der Waals surface area contributed by atoms with E-state index in [-0.39, 0.29) is 6.61 Å². The molecule has 2 heterocycles. The fourth-order valence-electron chi connectivity index (χ4n) is 1.07. The van der Waals surface area contributed by atoms with Gasteiger partial charge in [-0.2, -0.15) is 0 Å². The quantitative estimate of drug-likeness (QED) is 0.714. The Balaban J connectivity index is 2.80. The number of fused-ring (bicyclic) bond motifs is 1. The molecule has 12 heavy (non-hydrogen) atoms. The molecule has 0 radical (unpaired) electrons. The van der Waals surface area contributed by atoms with E-state index in [1.54, 1.807) is 23.0 Å². The summed E-state index contributed by atoms with van der Waals surface area (Å²) < 4.78 is 1.70. The van der Waals surface area contributed by atoms with Crippen molar-refractivity contribution in [1.82, 2.24) is 14.4 Å². The Morgan fingerprint density at radius 1 is 1.50 bits per heavy atom. The van der Waals surface area contributed by atoms with Crippen LogP contribution in [0.1, 0.15) is 5.82 Å². The Kier molecular flexibility index (Phi) is 1.71. The summed E-state index contributed by atoms with van der Waals surface area (Å²) >= 11 is 5.77. The molecule has 1 N–H and O–H groups in total. The average Bonchev–Trinajstić information content (AvgIpc) is 2.49. The van der Waals surface area contributed by atoms with Gasteiger partial charge in [0.05, 0.1) is 6.20 Å². The molecule has 62 valence electrons. The van der Waals surface area contributed by atoms with E-state index in [0.717, 1.165) is 0 Å². The van der Waals surface area contributed by atoms with Gasteiger partial charge in [0.1, 0.15) is 17.9 Å². The first-order valence-electron chi connectivity index (χ1n) is 3.40. The van der Waals surface area contributed by atoms with Gasteiger partial charge in [0.25, 0.3) is 0 Å². The van der Waals surface area contributed by atoms with E-state index in [1.165, 1.54) is 0 Å². The molecule has 0 aliphatic rings. The standard InChI is InChI=1S/C7H6ClN3O/c8-7-5-3-10-6(4-12)11(5)2-1-9-7/h1-3,12H,4H2. The van der Waals surface area contributed by atoms with Crippen LogP contribution in [0.4, 0.5) is 0 Å². The minimum atomic E-state index is -0.103. The van der Waals surface area contributed by atoms with Gasteiger partial charge in [-0.05, 0) is 0 Å². The van der Waals surface area contributed by atoms with E-state index in [9.17, 15) is 0 Å². The lowest BCUT2D eigenvalue weighted by atomic mass is 10.5. The van der Waals surface area contributed by atoms with Crippen LogP contribution in [0, 0.1) is 0 Å². The fourth-order valence-corrected chi connectivity index (χ4v) is 1.26. The van der Waals surface area contributed by atoms with Crippen molar-refractivity contribution >= 4 is 17.1 Å². The number of aliphatic hydroxyl groups excluding tert-OH is 1. The highest BCUT2D eigenvalue weighted by atomic mass is 35.5. The minimum absolute atomic E-state index is 0.103. The zero-order valence-electron chi connectivity index (χ0n) is 6.11. The Hall–Kier alpha value is -1.13. The molecule has 0 atom stereocenters. The summed E-state index contributed by atoms with van der Waals surface area (Å²) in [6, 6.07) is 0. The summed E-state index contributed by atoms with van der Waals surface area (Å²) in [5.74, 6) is 0.564. The molecule has 0 saturated carbocycles. The zero-order chi connectivity index (χ0) is 8.55. The Morgan fingerprint density at radius 2 is 2.33 bits per heavy atom. The number of hydrogen-bond donors (Lipinski definition) is 1. The number of imidazole rings is 1. The van der Waals surface area contributed by atoms with Crippen LogP contribution in [0.2, 0.25) is 5.15 Å². The van der Waals surface area contributed by atoms with Gasteiger partial charge in [-0.3, -0.25) is 4.40 Å². The van der Waals surface area contributed by atoms with Crippen LogP contribution in [-0.2, 0) is 6.61 Å². The van der Waals surface area contributed by atoms with E-state index in [2.05, 4.69) is 9.97 Å². The lowest BCUT2D eigenvalue weighted by Crippen LogP contribution is -1.94. The molecule has 0 fully saturated rings. The van der Waals surface area contributed by atoms with Crippen molar-refractivity contribution in [2.45, 2.75) is 6.61 Å². The Labute approximate surface area is 73.5 Å². The van der Waals surface area contributed by atoms with Gasteiger partial charge < -0.3 is 5.11 Å². The molecule has 0 aliphatic heterocycles. The first-order chi connectivity index (χ1) is 5.83. The molecule has 5 heteroatoms. The highest BCUT2D eigenvalue weighted by Crippen LogP contribution is 2.14. The predicted molar refractivity (Wildman–Crippen MR) is 43.9 cm³/mol. The Bertz CT molecular complexity index is 412. The maximum absolute atomic E-state index is 8.87. The van der Waals surface area contributed by atoms with Crippen molar-refractivity contribution in [1.29, 1.82) is 0 Å². The topological polar surface area (TPSA) is 50.4 Å². The first kappa shape index (κ1) is 7.52. The molecule has 4 nitrogen and oxygen atoms in total. The van der Waals surface area contributed by atoms with Crippen LogP contribution >= 0.6 is 11.6 Å². The summed E-state index contributed by atoms with van der Waals surface area (Å²) in [5.41, 5.74) is 0.711. The third-order valence-corrected chi connectivity index (χ3v) is 1.92. The maximum atomic E-state index is 8.87. The highest BCUT2D eigenvalue weighted by molar-refractivity contribution is 6.32. The van der Waals surface area contributed by atoms with Crippen LogP contribution in [-0.4, -0.2) is 19.5 Å². The van der Waals surface area contributed by atoms with Crippen LogP contribution in [0.5, 0.6) is 0 Å². The third kappa shape index (κ3) is 0.964. The predicted octanol–water partition coefficient (Wildman–Crippen LogP) is 0.875. The Morgan fingerprint density at radius 3 is 3.08 bits per heavy atom. The van der Waals surface area contributed by atoms with E-state index >= 15 is 0 Å². The molecular formula is C7H6ClN3O. The average molecular weight is 184 g/mol. The number of aromatic nitrogens is 3. The fraction of sp³-hybridized carbons (Fsp3) is 0.143. The van der Waals surface area contributed by atoms with Gasteiger partial charge >= 0.3 is 0 Å². The van der Waals surface area contributed by atoms with E-state index < -0.39 is 0 Å². The minimum Gasteiger partial charge on any atom is -0.388 e. The number of rotatable bonds is 1. The normalized spacial score (nSPS) is 10.8. The van der Waals surface area contributed by atoms with Crippen LogP contribution < -0.4 is 0 Å². The van der Waals surface area contributed by atoms with Crippen molar-refractivity contribution in [3.63, 3.8) is 0 Å². The molecule has 0 amide bonds. The SMILES string of the molecule is OCc1ncc2c(Cl)nccn12. The first-order valence-corrected chi connectivity index (χ1v) is 3.78. The molecule has 0 spiro atoms. The largest absolute Gasteiger partial charge is 0.388 e. The van der Waals surface area contributed by atoms with Crippen LogP contribution in [0.3, 0.4) is 0 Å². The van der Waals surface area contributed by atoms with Crippen molar-refractivity contribution in [3.05, 3.63) is 29.6 Å². The zero-order valence-corrected chi connectivity index (χ0v) is 6.86. The van der Waals surface area contributed by atoms with Gasteiger partial charge in [0.2, 0.25) is 0 Å². The van der Waals surface area contributed by atoms with E-state index in [0.29, 0.717) is 16.5 Å². The maximum Gasteiger partial charge on any atom is 0.154 e. The van der Waals surface area contributed by atoms with Gasteiger partial charge in [0.15, 0.2) is 5.15 Å². The smallest absolute Gasteiger partial charge is 0.154 e. The number of halogens is 1. The van der Waals surface area contributed by atoms with E-state index in [4.69, 9.17) is 16.7 Å². The summed E-state index contributed by atoms with van der Waals surface area (Å²) in [6.07, 6.45) is 4.86. The van der Waals surface area contributed by atoms with Crippen molar-refractivity contribution in [3.8, 4) is 0 Å². The second-order valence-electron chi connectivity index (χ2n) is 2.31. The molecule has 2 aromatic heterocycles. The molecule has 0 saturated heterocycles. The number of hydrogen-bond acceptors (Lipinski definition) is 3. The second-order valence-corrected chi connectivity index (χ2v) is 2.66. The van der Waals surface area contributed by atoms with Crippen molar-refractivity contribution in [2.75, 3.05) is 0 Å². The van der Waals surface area contributed by atoms with Gasteiger partial charge in [-0.1, -0.05) is 11.6 Å². The monoisotopic (exact) mass is 183 g/mol. The molecule has 0 aliphatic carbocycles. The summed E-state index contributed by atoms with van der Waals surface area (Å²) in [5, 5.41) is 9.26. The molecule has 0 bridgehead atoms. The molecular weight excluding hydrogens is 178 g/mol. The lowest BCUT2D eigenvalue weighted by molar-refractivity contribution is 0.270. The van der Waals surface area contributed by atoms with Gasteiger partial charge in [-0.25, -0.2) is 9.97 Å². The highest BCUT2D eigenvalue weighted by Gasteiger charge is 2.04. The molecule has 0 aromatic carbocycles. The summed E-state index contributed by atoms with van der Waals surface area (Å²) in [4.78, 5) is 7.84. The van der Waals surface area contributed by atoms with Crippen LogP contribution in [0.15, 0.2) is 18.6 Å². The lowest BCUT2D eigenvalue weighted by Gasteiger charge is -1.96. The summed E-state index contributed by atoms with van der Waals surface area (Å²) in [7, 11) is 0. The summed E-state index contributed by atoms with van der Waals surface area (Å²) in [6.45, 7) is -0.103.